The van der Waals surface area contributed by atoms with Crippen LogP contribution in [0.25, 0.3) is 0 Å². The molecule has 2 aliphatic heterocycles. The Bertz CT molecular complexity index is 675. The zero-order chi connectivity index (χ0) is 18.0. The SMILES string of the molecule is O=C1CCC(Nc2ccc(C3CCN(C(=O)O)CC3O)cc2)C(=O)N1. The second kappa shape index (κ2) is 7.10. The zero-order valence-corrected chi connectivity index (χ0v) is 13.6. The minimum Gasteiger partial charge on any atom is -0.465 e. The molecule has 0 aromatic heterocycles. The first-order valence-electron chi connectivity index (χ1n) is 8.30. The number of piperidine rings is 2. The number of carboxylic acid groups (broad SMARTS) is 1. The molecule has 2 fully saturated rings. The van der Waals surface area contributed by atoms with Crippen molar-refractivity contribution in [2.45, 2.75) is 37.3 Å². The predicted molar refractivity (Wildman–Crippen MR) is 89.2 cm³/mol. The van der Waals surface area contributed by atoms with Gasteiger partial charge in [0.15, 0.2) is 0 Å². The Labute approximate surface area is 144 Å². The molecule has 2 saturated heterocycles. The van der Waals surface area contributed by atoms with E-state index in [9.17, 15) is 19.5 Å². The summed E-state index contributed by atoms with van der Waals surface area (Å²) < 4.78 is 0. The van der Waals surface area contributed by atoms with Gasteiger partial charge < -0.3 is 20.4 Å². The van der Waals surface area contributed by atoms with Crippen LogP contribution in [0.2, 0.25) is 0 Å². The van der Waals surface area contributed by atoms with Gasteiger partial charge in [0.05, 0.1) is 12.6 Å². The van der Waals surface area contributed by atoms with E-state index in [-0.39, 0.29) is 24.3 Å². The van der Waals surface area contributed by atoms with E-state index in [4.69, 9.17) is 5.11 Å². The monoisotopic (exact) mass is 347 g/mol. The van der Waals surface area contributed by atoms with Crippen molar-refractivity contribution in [3.63, 3.8) is 0 Å². The summed E-state index contributed by atoms with van der Waals surface area (Å²) in [6, 6.07) is 6.97. The van der Waals surface area contributed by atoms with Gasteiger partial charge in [0, 0.05) is 24.6 Å². The van der Waals surface area contributed by atoms with Crippen molar-refractivity contribution in [3.8, 4) is 0 Å². The Morgan fingerprint density at radius 2 is 1.92 bits per heavy atom. The fourth-order valence-corrected chi connectivity index (χ4v) is 3.35. The molecule has 0 bridgehead atoms. The van der Waals surface area contributed by atoms with Crippen molar-refractivity contribution in [2.75, 3.05) is 18.4 Å². The fraction of sp³-hybridized carbons (Fsp3) is 0.471. The number of aliphatic hydroxyl groups excluding tert-OH is 1. The quantitative estimate of drug-likeness (QED) is 0.599. The summed E-state index contributed by atoms with van der Waals surface area (Å²) in [5, 5.41) is 24.6. The highest BCUT2D eigenvalue weighted by Crippen LogP contribution is 2.29. The van der Waals surface area contributed by atoms with Crippen molar-refractivity contribution < 1.29 is 24.6 Å². The Hall–Kier alpha value is -2.61. The summed E-state index contributed by atoms with van der Waals surface area (Å²) in [5.41, 5.74) is 1.70. The summed E-state index contributed by atoms with van der Waals surface area (Å²) >= 11 is 0. The predicted octanol–water partition coefficient (Wildman–Crippen LogP) is 0.732. The number of hydrogen-bond acceptors (Lipinski definition) is 5. The average Bonchev–Trinajstić information content (AvgIpc) is 2.58. The molecule has 2 heterocycles. The van der Waals surface area contributed by atoms with Crippen LogP contribution in [0.1, 0.15) is 30.7 Å². The van der Waals surface area contributed by atoms with Gasteiger partial charge in [-0.3, -0.25) is 14.9 Å². The van der Waals surface area contributed by atoms with E-state index in [1.54, 1.807) is 0 Å². The van der Waals surface area contributed by atoms with Crippen LogP contribution in [0.5, 0.6) is 0 Å². The molecule has 8 heteroatoms. The Balaban J connectivity index is 1.62. The standard InChI is InChI=1S/C17H21N3O5/c21-14-9-20(17(24)25)8-7-12(14)10-1-3-11(4-2-10)18-13-5-6-15(22)19-16(13)23/h1-4,12-14,18,21H,5-9H2,(H,24,25)(H,19,22,23). The maximum atomic E-state index is 11.8. The summed E-state index contributed by atoms with van der Waals surface area (Å²) in [7, 11) is 0. The molecule has 8 nitrogen and oxygen atoms in total. The number of anilines is 1. The second-order valence-corrected chi connectivity index (χ2v) is 6.46. The van der Waals surface area contributed by atoms with Gasteiger partial charge in [0.1, 0.15) is 6.04 Å². The van der Waals surface area contributed by atoms with Crippen LogP contribution in [0.3, 0.4) is 0 Å². The molecule has 3 rings (SSSR count). The molecular formula is C17H21N3O5. The Morgan fingerprint density at radius 3 is 2.52 bits per heavy atom. The number of nitrogens with zero attached hydrogens (tertiary/aromatic N) is 1. The summed E-state index contributed by atoms with van der Waals surface area (Å²) in [6.45, 7) is 0.504. The van der Waals surface area contributed by atoms with Crippen LogP contribution in [-0.2, 0) is 9.59 Å². The number of nitrogens with one attached hydrogen (secondary N) is 2. The molecule has 3 atom stereocenters. The van der Waals surface area contributed by atoms with E-state index in [1.165, 1.54) is 4.90 Å². The third-order valence-electron chi connectivity index (χ3n) is 4.77. The number of benzene rings is 1. The highest BCUT2D eigenvalue weighted by Gasteiger charge is 2.31. The van der Waals surface area contributed by atoms with E-state index in [1.807, 2.05) is 24.3 Å². The van der Waals surface area contributed by atoms with Gasteiger partial charge in [0.25, 0.3) is 0 Å². The molecule has 2 aliphatic rings. The third-order valence-corrected chi connectivity index (χ3v) is 4.77. The Morgan fingerprint density at radius 1 is 1.20 bits per heavy atom. The number of rotatable bonds is 3. The van der Waals surface area contributed by atoms with E-state index in [2.05, 4.69) is 10.6 Å². The number of amides is 3. The molecule has 4 N–H and O–H groups in total. The number of likely N-dealkylation sites (tertiary alicyclic amines) is 1. The average molecular weight is 347 g/mol. The van der Waals surface area contributed by atoms with Crippen LogP contribution in [0.15, 0.2) is 24.3 Å². The molecule has 1 aromatic rings. The number of imide groups is 1. The molecule has 25 heavy (non-hydrogen) atoms. The molecular weight excluding hydrogens is 326 g/mol. The minimum absolute atomic E-state index is 0.107. The van der Waals surface area contributed by atoms with Gasteiger partial charge in [0.2, 0.25) is 11.8 Å². The van der Waals surface area contributed by atoms with E-state index < -0.39 is 18.2 Å². The summed E-state index contributed by atoms with van der Waals surface area (Å²) in [5.74, 6) is -0.683. The second-order valence-electron chi connectivity index (χ2n) is 6.46. The summed E-state index contributed by atoms with van der Waals surface area (Å²) in [4.78, 5) is 35.1. The van der Waals surface area contributed by atoms with Crippen molar-refractivity contribution in [3.05, 3.63) is 29.8 Å². The van der Waals surface area contributed by atoms with Crippen LogP contribution >= 0.6 is 0 Å². The van der Waals surface area contributed by atoms with Crippen LogP contribution in [0, 0.1) is 0 Å². The molecule has 3 unspecified atom stereocenters. The molecule has 0 aliphatic carbocycles. The normalized spacial score (nSPS) is 26.9. The molecule has 0 radical (unpaired) electrons. The van der Waals surface area contributed by atoms with E-state index >= 15 is 0 Å². The number of aliphatic hydroxyl groups is 1. The van der Waals surface area contributed by atoms with Gasteiger partial charge >= 0.3 is 6.09 Å². The lowest BCUT2D eigenvalue weighted by Gasteiger charge is -2.34. The topological polar surface area (TPSA) is 119 Å². The van der Waals surface area contributed by atoms with Gasteiger partial charge in [-0.1, -0.05) is 12.1 Å². The Kier molecular flexibility index (Phi) is 4.89. The lowest BCUT2D eigenvalue weighted by Crippen LogP contribution is -2.47. The first-order chi connectivity index (χ1) is 11.9. The van der Waals surface area contributed by atoms with Crippen LogP contribution < -0.4 is 10.6 Å². The highest BCUT2D eigenvalue weighted by atomic mass is 16.4. The molecule has 0 saturated carbocycles. The van der Waals surface area contributed by atoms with Crippen molar-refractivity contribution in [2.24, 2.45) is 0 Å². The van der Waals surface area contributed by atoms with Crippen LogP contribution in [-0.4, -0.2) is 58.3 Å². The van der Waals surface area contributed by atoms with Gasteiger partial charge in [-0.25, -0.2) is 4.79 Å². The summed E-state index contributed by atoms with van der Waals surface area (Å²) in [6.07, 6.45) is -0.415. The maximum absolute atomic E-state index is 11.8. The van der Waals surface area contributed by atoms with Crippen molar-refractivity contribution >= 4 is 23.6 Å². The van der Waals surface area contributed by atoms with Gasteiger partial charge in [-0.15, -0.1) is 0 Å². The first-order valence-corrected chi connectivity index (χ1v) is 8.30. The number of hydrogen-bond donors (Lipinski definition) is 4. The van der Waals surface area contributed by atoms with Crippen molar-refractivity contribution in [1.82, 2.24) is 10.2 Å². The lowest BCUT2D eigenvalue weighted by molar-refractivity contribution is -0.133. The minimum atomic E-state index is -1.01. The number of carbonyl (C=O) groups excluding carboxylic acids is 2. The highest BCUT2D eigenvalue weighted by molar-refractivity contribution is 6.01. The molecule has 3 amide bonds. The zero-order valence-electron chi connectivity index (χ0n) is 13.6. The lowest BCUT2D eigenvalue weighted by atomic mass is 9.87. The van der Waals surface area contributed by atoms with Crippen molar-refractivity contribution in [1.29, 1.82) is 0 Å². The van der Waals surface area contributed by atoms with E-state index in [0.717, 1.165) is 11.3 Å². The van der Waals surface area contributed by atoms with Crippen LogP contribution in [0.4, 0.5) is 10.5 Å². The smallest absolute Gasteiger partial charge is 0.407 e. The molecule has 134 valence electrons. The van der Waals surface area contributed by atoms with Gasteiger partial charge in [-0.2, -0.15) is 0 Å². The maximum Gasteiger partial charge on any atom is 0.407 e. The number of carbonyl (C=O) groups is 3. The van der Waals surface area contributed by atoms with E-state index in [0.29, 0.717) is 25.8 Å². The van der Waals surface area contributed by atoms with Gasteiger partial charge in [-0.05, 0) is 30.5 Å². The molecule has 0 spiro atoms. The fourth-order valence-electron chi connectivity index (χ4n) is 3.35. The first kappa shape index (κ1) is 17.2. The molecule has 1 aromatic carbocycles. The third kappa shape index (κ3) is 3.90. The largest absolute Gasteiger partial charge is 0.465 e. The number of β-amino-alcohol motifs (C(OH)–C–C–N with tert-alkyl or cyclic N) is 1.